The van der Waals surface area contributed by atoms with Gasteiger partial charge in [-0.25, -0.2) is 0 Å². The van der Waals surface area contributed by atoms with E-state index in [0.717, 1.165) is 6.42 Å². The van der Waals surface area contributed by atoms with E-state index >= 15 is 0 Å². The third-order valence-corrected chi connectivity index (χ3v) is 11.7. The summed E-state index contributed by atoms with van der Waals surface area (Å²) in [6.07, 6.45) is -17.3. The second-order valence-corrected chi connectivity index (χ2v) is 13.6. The van der Waals surface area contributed by atoms with E-state index in [1.807, 2.05) is 13.8 Å². The summed E-state index contributed by atoms with van der Waals surface area (Å²) in [5.41, 5.74) is -1.67. The number of aliphatic hydroxyl groups is 5. The summed E-state index contributed by atoms with van der Waals surface area (Å²) in [6.45, 7) is 5.76. The van der Waals surface area contributed by atoms with Gasteiger partial charge in [0.15, 0.2) is 6.29 Å². The third kappa shape index (κ3) is 6.69. The zero-order valence-corrected chi connectivity index (χ0v) is 29.7. The molecule has 1 unspecified atom stereocenters. The van der Waals surface area contributed by atoms with Gasteiger partial charge < -0.3 is 54.8 Å². The Morgan fingerprint density at radius 3 is 2.33 bits per heavy atom. The van der Waals surface area contributed by atoms with Crippen molar-refractivity contribution in [1.29, 1.82) is 0 Å². The van der Waals surface area contributed by atoms with Crippen LogP contribution in [0, 0.1) is 46.3 Å². The summed E-state index contributed by atoms with van der Waals surface area (Å²) in [4.78, 5) is 22.6. The first kappa shape index (κ1) is 32.2. The Bertz CT molecular complexity index is 1170. The van der Waals surface area contributed by atoms with Crippen LogP contribution in [0.2, 0.25) is 0 Å². The van der Waals surface area contributed by atoms with E-state index in [1.165, 1.54) is 0 Å². The number of aliphatic carboxylic acids is 2. The summed E-state index contributed by atoms with van der Waals surface area (Å²) in [6, 6.07) is 0. The van der Waals surface area contributed by atoms with E-state index in [4.69, 9.17) is 12.2 Å². The molecular weight excluding hydrogens is 582 g/mol. The van der Waals surface area contributed by atoms with Crippen molar-refractivity contribution in [3.8, 4) is 0 Å². The van der Waals surface area contributed by atoms with Crippen LogP contribution in [0.15, 0.2) is 0 Å². The number of hydrogen-bond donors (Lipinski definition) is 5. The maximum atomic E-state index is 11.8. The molecule has 0 aromatic heterocycles. The second kappa shape index (κ2) is 14.4. The fourth-order valence-corrected chi connectivity index (χ4v) is 9.35. The number of carbonyl (C=O) groups excluding carboxylic acids is 2. The van der Waals surface area contributed by atoms with E-state index in [-0.39, 0.29) is 108 Å². The van der Waals surface area contributed by atoms with Gasteiger partial charge in [-0.1, -0.05) is 20.8 Å². The largest absolute Gasteiger partial charge is 1.00 e. The molecular formula is C30H46Na2O11. The van der Waals surface area contributed by atoms with Crippen molar-refractivity contribution in [3.63, 3.8) is 0 Å². The molecule has 1 heterocycles. The number of ether oxygens (including phenoxy) is 2. The Kier molecular flexibility index (Phi) is 10.8. The number of fused-ring (bicyclic) bond motifs is 5. The monoisotopic (exact) mass is 632 g/mol. The standard InChI is InChI=1S/C30H48O11.2Na/c1-13(4-7-21(33)34)16-5-6-17-22-18(12-20(32)30(16,17)3)29(2)9-8-15(10-14(29)11-19(22)31)40-28-25(37)23(35)24(36)26(41-28)27(38)39;;/h13-20,22-26,28,31-32,35-37H,4-12H2,1-3H3,(H,33,34)(H,38,39);;/q;2*+1/p-2/t13-,14+,15-,16-,17+,18+,19-,20+,22+,23?,24+,25-,26+,28-,29+,30-;;/m1../s1/i8D2,10D2;;. The molecule has 43 heavy (non-hydrogen) atoms. The third-order valence-electron chi connectivity index (χ3n) is 11.7. The minimum Gasteiger partial charge on any atom is -0.550 e. The Morgan fingerprint density at radius 2 is 1.70 bits per heavy atom. The van der Waals surface area contributed by atoms with Crippen molar-refractivity contribution in [3.05, 3.63) is 0 Å². The van der Waals surface area contributed by atoms with Crippen molar-refractivity contribution in [2.45, 2.75) is 127 Å². The molecule has 0 aromatic rings. The second-order valence-electron chi connectivity index (χ2n) is 13.6. The van der Waals surface area contributed by atoms with E-state index in [0.29, 0.717) is 12.8 Å². The van der Waals surface area contributed by atoms with Crippen molar-refractivity contribution < 1.29 is 119 Å². The number of rotatable bonds is 7. The van der Waals surface area contributed by atoms with E-state index < -0.39 is 96.4 Å². The van der Waals surface area contributed by atoms with Crippen LogP contribution in [0.4, 0.5) is 0 Å². The molecule has 234 valence electrons. The van der Waals surface area contributed by atoms with Gasteiger partial charge >= 0.3 is 59.1 Å². The molecule has 5 aliphatic rings. The van der Waals surface area contributed by atoms with E-state index in [1.54, 1.807) is 6.92 Å². The molecule has 1 aliphatic heterocycles. The summed E-state index contributed by atoms with van der Waals surface area (Å²) < 4.78 is 47.2. The average Bonchev–Trinajstić information content (AvgIpc) is 3.29. The van der Waals surface area contributed by atoms with Crippen LogP contribution in [0.5, 0.6) is 0 Å². The van der Waals surface area contributed by atoms with Crippen LogP contribution in [0.3, 0.4) is 0 Å². The van der Waals surface area contributed by atoms with Crippen molar-refractivity contribution in [1.82, 2.24) is 0 Å². The summed E-state index contributed by atoms with van der Waals surface area (Å²) in [5.74, 6) is -5.00. The Hall–Kier alpha value is 0.660. The van der Waals surface area contributed by atoms with Gasteiger partial charge in [-0.2, -0.15) is 0 Å². The molecule has 5 rings (SSSR count). The summed E-state index contributed by atoms with van der Waals surface area (Å²) in [5, 5.41) is 76.8. The zero-order chi connectivity index (χ0) is 33.6. The first-order valence-corrected chi connectivity index (χ1v) is 14.8. The van der Waals surface area contributed by atoms with Crippen LogP contribution in [-0.4, -0.2) is 86.5 Å². The number of aliphatic hydroxyl groups excluding tert-OH is 5. The zero-order valence-electron chi connectivity index (χ0n) is 29.7. The van der Waals surface area contributed by atoms with Gasteiger partial charge in [0, 0.05) is 11.5 Å². The van der Waals surface area contributed by atoms with Crippen molar-refractivity contribution in [2.75, 3.05) is 0 Å². The van der Waals surface area contributed by atoms with Gasteiger partial charge in [-0.3, -0.25) is 0 Å². The van der Waals surface area contributed by atoms with Crippen LogP contribution in [-0.2, 0) is 19.1 Å². The number of carboxylic acids is 2. The predicted octanol–water partition coefficient (Wildman–Crippen LogP) is -7.30. The molecule has 0 amide bonds. The molecule has 11 nitrogen and oxygen atoms in total. The molecule has 0 bridgehead atoms. The Morgan fingerprint density at radius 1 is 1.02 bits per heavy atom. The first-order valence-electron chi connectivity index (χ1n) is 16.8. The Balaban J connectivity index is 0.00000300. The van der Waals surface area contributed by atoms with Gasteiger partial charge in [-0.05, 0) is 104 Å². The molecule has 16 atom stereocenters. The maximum absolute atomic E-state index is 11.8. The van der Waals surface area contributed by atoms with E-state index in [9.17, 15) is 48.1 Å². The van der Waals surface area contributed by atoms with Crippen LogP contribution in [0.25, 0.3) is 0 Å². The van der Waals surface area contributed by atoms with Crippen LogP contribution < -0.4 is 69.3 Å². The molecule has 5 N–H and O–H groups in total. The molecule has 1 saturated heterocycles. The first-order chi connectivity index (χ1) is 20.7. The fourth-order valence-electron chi connectivity index (χ4n) is 9.35. The molecule has 4 aliphatic carbocycles. The van der Waals surface area contributed by atoms with Crippen LogP contribution in [0.1, 0.15) is 83.9 Å². The van der Waals surface area contributed by atoms with Crippen LogP contribution >= 0.6 is 0 Å². The van der Waals surface area contributed by atoms with Crippen molar-refractivity contribution >= 4 is 11.9 Å². The quantitative estimate of drug-likeness (QED) is 0.132. The van der Waals surface area contributed by atoms with Gasteiger partial charge in [0.05, 0.1) is 24.3 Å². The fraction of sp³-hybridized carbons (Fsp3) is 0.933. The van der Waals surface area contributed by atoms with Crippen molar-refractivity contribution in [2.24, 2.45) is 46.3 Å². The average molecular weight is 633 g/mol. The number of carbonyl (C=O) groups is 2. The topological polar surface area (TPSA) is 200 Å². The summed E-state index contributed by atoms with van der Waals surface area (Å²) in [7, 11) is 0. The van der Waals surface area contributed by atoms with Gasteiger partial charge in [-0.15, -0.1) is 0 Å². The minimum absolute atomic E-state index is 0. The maximum Gasteiger partial charge on any atom is 1.00 e. The van der Waals surface area contributed by atoms with E-state index in [2.05, 4.69) is 0 Å². The molecule has 0 radical (unpaired) electrons. The van der Waals surface area contributed by atoms with Gasteiger partial charge in [0.2, 0.25) is 0 Å². The molecule has 5 fully saturated rings. The van der Waals surface area contributed by atoms with Gasteiger partial charge in [0.1, 0.15) is 24.4 Å². The molecule has 4 saturated carbocycles. The Labute approximate surface area is 303 Å². The number of hydrogen-bond acceptors (Lipinski definition) is 11. The normalized spacial score (nSPS) is 53.4. The smallest absolute Gasteiger partial charge is 0.550 e. The SMILES string of the molecule is [2H]C1([2H])C[C@@]2(C)[C@H](C[C@@H](O)[C@@H]3[C@@H]2C[C@H](O)[C@]2(C)[C@@H]([C@H](C)CCC(=O)[O-])CC[C@@H]32)C([2H])([2H])[C@@H]1O[C@@H]1O[C@H](C(=O)[O-])[C@@H](O)C(O)[C@H]1O.[Na+].[Na+]. The van der Waals surface area contributed by atoms with Gasteiger partial charge in [0.25, 0.3) is 0 Å². The summed E-state index contributed by atoms with van der Waals surface area (Å²) >= 11 is 0. The molecule has 0 aromatic carbocycles. The number of carboxylic acid groups (broad SMARTS) is 2. The molecule has 0 spiro atoms. The predicted molar refractivity (Wildman–Crippen MR) is 138 cm³/mol. The minimum atomic E-state index is -2.49. The molecule has 13 heteroatoms.